The van der Waals surface area contributed by atoms with Crippen LogP contribution < -0.4 is 5.32 Å². The summed E-state index contributed by atoms with van der Waals surface area (Å²) in [5.74, 6) is 0.950. The molecule has 0 amide bonds. The van der Waals surface area contributed by atoms with E-state index in [1.807, 2.05) is 30.5 Å². The van der Waals surface area contributed by atoms with Crippen LogP contribution in [0.15, 0.2) is 36.8 Å². The number of imidazole rings is 2. The van der Waals surface area contributed by atoms with E-state index in [2.05, 4.69) is 25.3 Å². The van der Waals surface area contributed by atoms with Crippen molar-refractivity contribution in [2.24, 2.45) is 0 Å². The van der Waals surface area contributed by atoms with E-state index in [4.69, 9.17) is 0 Å². The summed E-state index contributed by atoms with van der Waals surface area (Å²) >= 11 is 0. The molecule has 17 heavy (non-hydrogen) atoms. The van der Waals surface area contributed by atoms with Crippen LogP contribution in [0.3, 0.4) is 0 Å². The Bertz CT molecular complexity index is 563. The maximum atomic E-state index is 4.49. The van der Waals surface area contributed by atoms with Gasteiger partial charge < -0.3 is 15.3 Å². The third kappa shape index (κ3) is 2.19. The van der Waals surface area contributed by atoms with Crippen molar-refractivity contribution in [2.45, 2.75) is 13.1 Å². The zero-order valence-corrected chi connectivity index (χ0v) is 9.27. The van der Waals surface area contributed by atoms with Crippen LogP contribution in [0.5, 0.6) is 0 Å². The molecule has 5 heteroatoms. The monoisotopic (exact) mass is 227 g/mol. The first-order valence-electron chi connectivity index (χ1n) is 5.53. The third-order valence-corrected chi connectivity index (χ3v) is 2.60. The molecule has 0 unspecified atom stereocenters. The molecule has 0 saturated heterocycles. The SMILES string of the molecule is c1ccc2[nH]c(CNCc3cnc[nH]3)nc2c1. The predicted octanol–water partition coefficient (Wildman–Crippen LogP) is 1.58. The molecule has 2 aromatic heterocycles. The zero-order chi connectivity index (χ0) is 11.5. The van der Waals surface area contributed by atoms with Crippen LogP contribution in [0.4, 0.5) is 0 Å². The van der Waals surface area contributed by atoms with Gasteiger partial charge in [-0.05, 0) is 12.1 Å². The summed E-state index contributed by atoms with van der Waals surface area (Å²) in [6, 6.07) is 8.03. The molecule has 0 atom stereocenters. The second-order valence-electron chi connectivity index (χ2n) is 3.88. The molecule has 2 heterocycles. The maximum absolute atomic E-state index is 4.49. The van der Waals surface area contributed by atoms with Crippen LogP contribution in [-0.2, 0) is 13.1 Å². The quantitative estimate of drug-likeness (QED) is 0.633. The summed E-state index contributed by atoms with van der Waals surface area (Å²) in [7, 11) is 0. The van der Waals surface area contributed by atoms with Crippen molar-refractivity contribution in [2.75, 3.05) is 0 Å². The first kappa shape index (κ1) is 10.0. The van der Waals surface area contributed by atoms with Gasteiger partial charge in [0.25, 0.3) is 0 Å². The zero-order valence-electron chi connectivity index (χ0n) is 9.27. The van der Waals surface area contributed by atoms with E-state index < -0.39 is 0 Å². The van der Waals surface area contributed by atoms with E-state index in [9.17, 15) is 0 Å². The minimum atomic E-state index is 0.716. The highest BCUT2D eigenvalue weighted by Gasteiger charge is 2.01. The molecule has 0 spiro atoms. The molecular formula is C12H13N5. The van der Waals surface area contributed by atoms with Gasteiger partial charge >= 0.3 is 0 Å². The van der Waals surface area contributed by atoms with Crippen LogP contribution in [0.2, 0.25) is 0 Å². The number of nitrogens with zero attached hydrogens (tertiary/aromatic N) is 2. The average molecular weight is 227 g/mol. The maximum Gasteiger partial charge on any atom is 0.121 e. The Labute approximate surface area is 98.3 Å². The minimum Gasteiger partial charge on any atom is -0.347 e. The number of hydrogen-bond donors (Lipinski definition) is 3. The summed E-state index contributed by atoms with van der Waals surface area (Å²) in [4.78, 5) is 14.8. The molecule has 0 aliphatic rings. The van der Waals surface area contributed by atoms with Crippen LogP contribution in [0.1, 0.15) is 11.5 Å². The fraction of sp³-hybridized carbons (Fsp3) is 0.167. The van der Waals surface area contributed by atoms with E-state index in [1.54, 1.807) is 6.33 Å². The average Bonchev–Trinajstić information content (AvgIpc) is 2.96. The van der Waals surface area contributed by atoms with Gasteiger partial charge in [-0.25, -0.2) is 9.97 Å². The van der Waals surface area contributed by atoms with Crippen LogP contribution in [-0.4, -0.2) is 19.9 Å². The summed E-state index contributed by atoms with van der Waals surface area (Å²) in [6.07, 6.45) is 3.49. The van der Waals surface area contributed by atoms with Crippen LogP contribution in [0, 0.1) is 0 Å². The number of benzene rings is 1. The molecular weight excluding hydrogens is 214 g/mol. The number of H-pyrrole nitrogens is 2. The summed E-state index contributed by atoms with van der Waals surface area (Å²) < 4.78 is 0. The van der Waals surface area contributed by atoms with Gasteiger partial charge in [0.15, 0.2) is 0 Å². The Hall–Kier alpha value is -2.14. The van der Waals surface area contributed by atoms with Crippen molar-refractivity contribution in [1.82, 2.24) is 25.3 Å². The molecule has 1 aromatic carbocycles. The highest BCUT2D eigenvalue weighted by atomic mass is 15.0. The molecule has 0 aliphatic heterocycles. The van der Waals surface area contributed by atoms with Crippen molar-refractivity contribution in [3.8, 4) is 0 Å². The van der Waals surface area contributed by atoms with E-state index in [-0.39, 0.29) is 0 Å². The van der Waals surface area contributed by atoms with Crippen molar-refractivity contribution >= 4 is 11.0 Å². The lowest BCUT2D eigenvalue weighted by atomic mass is 10.3. The summed E-state index contributed by atoms with van der Waals surface area (Å²) in [5.41, 5.74) is 3.15. The molecule has 0 bridgehead atoms. The normalized spacial score (nSPS) is 11.1. The van der Waals surface area contributed by atoms with Gasteiger partial charge in [0.05, 0.1) is 23.9 Å². The number of rotatable bonds is 4. The standard InChI is InChI=1S/C12H13N5/c1-2-4-11-10(3-1)16-12(17-11)7-13-5-9-6-14-8-15-9/h1-4,6,8,13H,5,7H2,(H,14,15)(H,16,17). The van der Waals surface area contributed by atoms with E-state index in [0.717, 1.165) is 29.1 Å². The molecule has 0 saturated carbocycles. The van der Waals surface area contributed by atoms with Gasteiger partial charge in [0.1, 0.15) is 5.82 Å². The van der Waals surface area contributed by atoms with Gasteiger partial charge in [-0.15, -0.1) is 0 Å². The molecule has 3 rings (SSSR count). The molecule has 5 nitrogen and oxygen atoms in total. The molecule has 0 radical (unpaired) electrons. The van der Waals surface area contributed by atoms with Gasteiger partial charge in [0.2, 0.25) is 0 Å². The second-order valence-corrected chi connectivity index (χ2v) is 3.88. The van der Waals surface area contributed by atoms with Crippen molar-refractivity contribution in [1.29, 1.82) is 0 Å². The number of aromatic amines is 2. The van der Waals surface area contributed by atoms with Crippen LogP contribution in [0.25, 0.3) is 11.0 Å². The number of hydrogen-bond acceptors (Lipinski definition) is 3. The summed E-state index contributed by atoms with van der Waals surface area (Å²) in [6.45, 7) is 1.48. The Kier molecular flexibility index (Phi) is 2.59. The van der Waals surface area contributed by atoms with E-state index >= 15 is 0 Å². The Morgan fingerprint density at radius 1 is 1.18 bits per heavy atom. The fourth-order valence-electron chi connectivity index (χ4n) is 1.79. The van der Waals surface area contributed by atoms with Crippen molar-refractivity contribution in [3.05, 3.63) is 48.3 Å². The fourth-order valence-corrected chi connectivity index (χ4v) is 1.79. The minimum absolute atomic E-state index is 0.716. The highest BCUT2D eigenvalue weighted by Crippen LogP contribution is 2.09. The van der Waals surface area contributed by atoms with Crippen LogP contribution >= 0.6 is 0 Å². The highest BCUT2D eigenvalue weighted by molar-refractivity contribution is 5.74. The smallest absolute Gasteiger partial charge is 0.121 e. The Balaban J connectivity index is 1.65. The van der Waals surface area contributed by atoms with Crippen molar-refractivity contribution in [3.63, 3.8) is 0 Å². The van der Waals surface area contributed by atoms with Gasteiger partial charge in [0, 0.05) is 18.4 Å². The number of para-hydroxylation sites is 2. The Morgan fingerprint density at radius 2 is 2.12 bits per heavy atom. The third-order valence-electron chi connectivity index (χ3n) is 2.60. The van der Waals surface area contributed by atoms with Gasteiger partial charge in [-0.3, -0.25) is 0 Å². The molecule has 86 valence electrons. The lowest BCUT2D eigenvalue weighted by Gasteiger charge is -1.99. The lowest BCUT2D eigenvalue weighted by molar-refractivity contribution is 0.661. The van der Waals surface area contributed by atoms with Gasteiger partial charge in [-0.1, -0.05) is 12.1 Å². The largest absolute Gasteiger partial charge is 0.347 e. The Morgan fingerprint density at radius 3 is 2.94 bits per heavy atom. The molecule has 3 N–H and O–H groups in total. The lowest BCUT2D eigenvalue weighted by Crippen LogP contribution is -2.13. The summed E-state index contributed by atoms with van der Waals surface area (Å²) in [5, 5.41) is 3.30. The molecule has 0 aliphatic carbocycles. The number of aromatic nitrogens is 4. The first-order chi connectivity index (χ1) is 8.42. The topological polar surface area (TPSA) is 69.4 Å². The van der Waals surface area contributed by atoms with Crippen molar-refractivity contribution < 1.29 is 0 Å². The van der Waals surface area contributed by atoms with Gasteiger partial charge in [-0.2, -0.15) is 0 Å². The first-order valence-corrected chi connectivity index (χ1v) is 5.53. The number of fused-ring (bicyclic) bond motifs is 1. The van der Waals surface area contributed by atoms with E-state index in [0.29, 0.717) is 6.54 Å². The predicted molar refractivity (Wildman–Crippen MR) is 65.2 cm³/mol. The molecule has 3 aromatic rings. The number of nitrogens with one attached hydrogen (secondary N) is 3. The second kappa shape index (κ2) is 4.39. The van der Waals surface area contributed by atoms with E-state index in [1.165, 1.54) is 0 Å². The molecule has 0 fully saturated rings.